The minimum atomic E-state index is -0.0292. The predicted molar refractivity (Wildman–Crippen MR) is 78.6 cm³/mol. The lowest BCUT2D eigenvalue weighted by Gasteiger charge is -2.22. The monoisotopic (exact) mass is 264 g/mol. The highest BCUT2D eigenvalue weighted by atomic mass is 16.1. The van der Waals surface area contributed by atoms with E-state index in [2.05, 4.69) is 6.92 Å². The second kappa shape index (κ2) is 4.41. The SMILES string of the molecule is CCc1cc(C)c2c(c1C)C(=O)c1ccccc1C2=O. The molecule has 0 aromatic heterocycles. The molecule has 0 saturated heterocycles. The van der Waals surface area contributed by atoms with Gasteiger partial charge in [-0.3, -0.25) is 9.59 Å². The number of hydrogen-bond acceptors (Lipinski definition) is 2. The first kappa shape index (κ1) is 12.8. The van der Waals surface area contributed by atoms with Gasteiger partial charge in [0.1, 0.15) is 0 Å². The molecule has 0 unspecified atom stereocenters. The van der Waals surface area contributed by atoms with E-state index in [0.717, 1.165) is 23.1 Å². The standard InChI is InChI=1S/C18H16O2/c1-4-12-9-10(2)15-16(11(12)3)18(20)14-8-6-5-7-13(14)17(15)19/h5-9H,4H2,1-3H3. The minimum absolute atomic E-state index is 0.0221. The highest BCUT2D eigenvalue weighted by molar-refractivity contribution is 6.29. The number of carbonyl (C=O) groups excluding carboxylic acids is 2. The van der Waals surface area contributed by atoms with Gasteiger partial charge in [0, 0.05) is 22.3 Å². The van der Waals surface area contributed by atoms with Crippen LogP contribution in [0.3, 0.4) is 0 Å². The molecule has 0 amide bonds. The van der Waals surface area contributed by atoms with Crippen LogP contribution in [0, 0.1) is 13.8 Å². The smallest absolute Gasteiger partial charge is 0.194 e. The predicted octanol–water partition coefficient (Wildman–Crippen LogP) is 3.64. The molecule has 2 nitrogen and oxygen atoms in total. The zero-order valence-corrected chi connectivity index (χ0v) is 11.9. The fourth-order valence-corrected chi connectivity index (χ4v) is 3.08. The number of hydrogen-bond donors (Lipinski definition) is 0. The average molecular weight is 264 g/mol. The molecule has 100 valence electrons. The summed E-state index contributed by atoms with van der Waals surface area (Å²) in [5, 5.41) is 0. The van der Waals surface area contributed by atoms with Crippen LogP contribution in [0.5, 0.6) is 0 Å². The molecular formula is C18H16O2. The van der Waals surface area contributed by atoms with Crippen molar-refractivity contribution in [3.8, 4) is 0 Å². The largest absolute Gasteiger partial charge is 0.289 e. The van der Waals surface area contributed by atoms with Gasteiger partial charge >= 0.3 is 0 Å². The van der Waals surface area contributed by atoms with Gasteiger partial charge in [0.2, 0.25) is 0 Å². The third kappa shape index (κ3) is 1.58. The van der Waals surface area contributed by atoms with Crippen molar-refractivity contribution < 1.29 is 9.59 Å². The van der Waals surface area contributed by atoms with Gasteiger partial charge in [0.05, 0.1) is 0 Å². The Morgan fingerprint density at radius 3 is 2.00 bits per heavy atom. The van der Waals surface area contributed by atoms with Gasteiger partial charge in [-0.05, 0) is 37.0 Å². The van der Waals surface area contributed by atoms with E-state index in [0.29, 0.717) is 22.3 Å². The van der Waals surface area contributed by atoms with Crippen molar-refractivity contribution in [3.05, 3.63) is 69.3 Å². The van der Waals surface area contributed by atoms with E-state index >= 15 is 0 Å². The van der Waals surface area contributed by atoms with Gasteiger partial charge in [-0.15, -0.1) is 0 Å². The summed E-state index contributed by atoms with van der Waals surface area (Å²) < 4.78 is 0. The molecule has 1 aliphatic rings. The molecule has 2 aromatic rings. The van der Waals surface area contributed by atoms with Crippen LogP contribution in [0.1, 0.15) is 55.5 Å². The number of aryl methyl sites for hydroxylation is 2. The summed E-state index contributed by atoms with van der Waals surface area (Å²) in [5.41, 5.74) is 5.23. The Labute approximate surface area is 118 Å². The Hall–Kier alpha value is -2.22. The van der Waals surface area contributed by atoms with Crippen molar-refractivity contribution >= 4 is 11.6 Å². The second-order valence-electron chi connectivity index (χ2n) is 5.28. The molecule has 20 heavy (non-hydrogen) atoms. The van der Waals surface area contributed by atoms with E-state index in [1.165, 1.54) is 0 Å². The van der Waals surface area contributed by atoms with Gasteiger partial charge < -0.3 is 0 Å². The second-order valence-corrected chi connectivity index (χ2v) is 5.28. The Balaban J connectivity index is 2.39. The third-order valence-corrected chi connectivity index (χ3v) is 4.14. The summed E-state index contributed by atoms with van der Waals surface area (Å²) in [4.78, 5) is 25.4. The Kier molecular flexibility index (Phi) is 2.82. The van der Waals surface area contributed by atoms with Crippen LogP contribution in [0.25, 0.3) is 0 Å². The van der Waals surface area contributed by atoms with Gasteiger partial charge in [0.25, 0.3) is 0 Å². The van der Waals surface area contributed by atoms with Crippen molar-refractivity contribution in [2.24, 2.45) is 0 Å². The maximum atomic E-state index is 12.7. The molecule has 2 aromatic carbocycles. The highest BCUT2D eigenvalue weighted by Crippen LogP contribution is 2.33. The van der Waals surface area contributed by atoms with E-state index < -0.39 is 0 Å². The summed E-state index contributed by atoms with van der Waals surface area (Å²) >= 11 is 0. The lowest BCUT2D eigenvalue weighted by molar-refractivity contribution is 0.0978. The number of ketones is 2. The Morgan fingerprint density at radius 2 is 1.45 bits per heavy atom. The molecule has 1 aliphatic carbocycles. The number of fused-ring (bicyclic) bond motifs is 2. The molecule has 0 bridgehead atoms. The Morgan fingerprint density at radius 1 is 0.900 bits per heavy atom. The molecule has 0 N–H and O–H groups in total. The molecule has 0 spiro atoms. The summed E-state index contributed by atoms with van der Waals surface area (Å²) in [6, 6.07) is 9.12. The zero-order valence-electron chi connectivity index (χ0n) is 11.9. The van der Waals surface area contributed by atoms with Crippen molar-refractivity contribution in [1.29, 1.82) is 0 Å². The first-order valence-electron chi connectivity index (χ1n) is 6.87. The van der Waals surface area contributed by atoms with E-state index in [-0.39, 0.29) is 11.6 Å². The molecule has 0 fully saturated rings. The molecule has 0 radical (unpaired) electrons. The van der Waals surface area contributed by atoms with Crippen molar-refractivity contribution in [3.63, 3.8) is 0 Å². The van der Waals surface area contributed by atoms with Gasteiger partial charge in [0.15, 0.2) is 11.6 Å². The van der Waals surface area contributed by atoms with E-state index in [9.17, 15) is 9.59 Å². The maximum Gasteiger partial charge on any atom is 0.194 e. The number of rotatable bonds is 1. The molecule has 0 heterocycles. The fourth-order valence-electron chi connectivity index (χ4n) is 3.08. The highest BCUT2D eigenvalue weighted by Gasteiger charge is 2.32. The fraction of sp³-hybridized carbons (Fsp3) is 0.222. The lowest BCUT2D eigenvalue weighted by Crippen LogP contribution is -2.23. The summed E-state index contributed by atoms with van der Waals surface area (Å²) in [6.45, 7) is 5.92. The van der Waals surface area contributed by atoms with Crippen LogP contribution in [0.4, 0.5) is 0 Å². The molecule has 2 heteroatoms. The van der Waals surface area contributed by atoms with Crippen LogP contribution >= 0.6 is 0 Å². The topological polar surface area (TPSA) is 34.1 Å². The van der Waals surface area contributed by atoms with Crippen LogP contribution in [0.2, 0.25) is 0 Å². The average Bonchev–Trinajstić information content (AvgIpc) is 2.46. The van der Waals surface area contributed by atoms with Crippen molar-refractivity contribution in [2.75, 3.05) is 0 Å². The normalized spacial score (nSPS) is 13.2. The van der Waals surface area contributed by atoms with E-state index in [4.69, 9.17) is 0 Å². The van der Waals surface area contributed by atoms with Gasteiger partial charge in [-0.1, -0.05) is 37.3 Å². The number of carbonyl (C=O) groups is 2. The molecular weight excluding hydrogens is 248 g/mol. The van der Waals surface area contributed by atoms with E-state index in [1.807, 2.05) is 19.9 Å². The maximum absolute atomic E-state index is 12.7. The number of benzene rings is 2. The molecule has 0 saturated carbocycles. The molecule has 3 rings (SSSR count). The van der Waals surface area contributed by atoms with Gasteiger partial charge in [-0.2, -0.15) is 0 Å². The first-order valence-corrected chi connectivity index (χ1v) is 6.87. The van der Waals surface area contributed by atoms with E-state index in [1.54, 1.807) is 24.3 Å². The lowest BCUT2D eigenvalue weighted by atomic mass is 9.78. The van der Waals surface area contributed by atoms with Crippen molar-refractivity contribution in [2.45, 2.75) is 27.2 Å². The van der Waals surface area contributed by atoms with Gasteiger partial charge in [-0.25, -0.2) is 0 Å². The third-order valence-electron chi connectivity index (χ3n) is 4.14. The van der Waals surface area contributed by atoms with Crippen LogP contribution in [-0.2, 0) is 6.42 Å². The minimum Gasteiger partial charge on any atom is -0.289 e. The molecule has 0 atom stereocenters. The summed E-state index contributed by atoms with van der Waals surface area (Å²) in [6.07, 6.45) is 0.864. The quantitative estimate of drug-likeness (QED) is 0.672. The summed E-state index contributed by atoms with van der Waals surface area (Å²) in [7, 11) is 0. The first-order chi connectivity index (χ1) is 9.56. The van der Waals surface area contributed by atoms with Crippen LogP contribution in [0.15, 0.2) is 30.3 Å². The zero-order chi connectivity index (χ0) is 14.4. The Bertz CT molecular complexity index is 754. The molecule has 0 aliphatic heterocycles. The van der Waals surface area contributed by atoms with Crippen LogP contribution < -0.4 is 0 Å². The van der Waals surface area contributed by atoms with Crippen LogP contribution in [-0.4, -0.2) is 11.6 Å². The van der Waals surface area contributed by atoms with Crippen molar-refractivity contribution in [1.82, 2.24) is 0 Å². The summed E-state index contributed by atoms with van der Waals surface area (Å²) in [5.74, 6) is -0.0513.